The Morgan fingerprint density at radius 1 is 1.28 bits per heavy atom. The first-order valence-corrected chi connectivity index (χ1v) is 6.38. The monoisotopic (exact) mass is 249 g/mol. The molecular weight excluding hydrogens is 226 g/mol. The van der Waals surface area contributed by atoms with Crippen molar-refractivity contribution in [2.45, 2.75) is 39.8 Å². The summed E-state index contributed by atoms with van der Waals surface area (Å²) in [5.41, 5.74) is 7.42. The molecule has 1 amide bonds. The van der Waals surface area contributed by atoms with Gasteiger partial charge in [-0.2, -0.15) is 0 Å². The van der Waals surface area contributed by atoms with Gasteiger partial charge in [-0.3, -0.25) is 4.79 Å². The van der Waals surface area contributed by atoms with Crippen LogP contribution >= 0.6 is 0 Å². The van der Waals surface area contributed by atoms with E-state index in [4.69, 9.17) is 5.73 Å². The molecule has 1 aromatic carbocycles. The third-order valence-electron chi connectivity index (χ3n) is 2.84. The van der Waals surface area contributed by atoms with Crippen LogP contribution in [0.15, 0.2) is 24.3 Å². The SMILES string of the molecule is CCN(c1ccc(N)cc1)C(C)C(=O)NC(C)C. The summed E-state index contributed by atoms with van der Waals surface area (Å²) in [5.74, 6) is 0.0451. The lowest BCUT2D eigenvalue weighted by Gasteiger charge is -2.30. The quantitative estimate of drug-likeness (QED) is 0.785. The summed E-state index contributed by atoms with van der Waals surface area (Å²) in [7, 11) is 0. The standard InChI is InChI=1S/C14H23N3O/c1-5-17(11(4)14(18)16-10(2)3)13-8-6-12(15)7-9-13/h6-11H,5,15H2,1-4H3,(H,16,18). The normalized spacial score (nSPS) is 12.3. The molecule has 0 bridgehead atoms. The molecule has 1 aromatic rings. The van der Waals surface area contributed by atoms with Crippen LogP contribution in [0.25, 0.3) is 0 Å². The molecule has 1 rings (SSSR count). The van der Waals surface area contributed by atoms with E-state index in [9.17, 15) is 4.79 Å². The van der Waals surface area contributed by atoms with Gasteiger partial charge in [-0.25, -0.2) is 0 Å². The van der Waals surface area contributed by atoms with Crippen LogP contribution < -0.4 is 16.0 Å². The van der Waals surface area contributed by atoms with Gasteiger partial charge in [0.05, 0.1) is 0 Å². The fraction of sp³-hybridized carbons (Fsp3) is 0.500. The number of nitrogens with one attached hydrogen (secondary N) is 1. The molecule has 4 nitrogen and oxygen atoms in total. The number of hydrogen-bond donors (Lipinski definition) is 2. The molecule has 0 saturated heterocycles. The Kier molecular flexibility index (Phi) is 5.01. The maximum Gasteiger partial charge on any atom is 0.242 e. The highest BCUT2D eigenvalue weighted by atomic mass is 16.2. The number of nitrogens with two attached hydrogens (primary N) is 1. The van der Waals surface area contributed by atoms with Crippen LogP contribution in [0, 0.1) is 0 Å². The molecule has 0 spiro atoms. The highest BCUT2D eigenvalue weighted by Gasteiger charge is 2.20. The zero-order valence-corrected chi connectivity index (χ0v) is 11.6. The van der Waals surface area contributed by atoms with Crippen molar-refractivity contribution in [2.24, 2.45) is 0 Å². The maximum atomic E-state index is 12.0. The van der Waals surface area contributed by atoms with Gasteiger partial charge in [-0.05, 0) is 52.0 Å². The molecule has 4 heteroatoms. The molecule has 0 heterocycles. The van der Waals surface area contributed by atoms with E-state index in [0.29, 0.717) is 0 Å². The molecule has 18 heavy (non-hydrogen) atoms. The predicted molar refractivity (Wildman–Crippen MR) is 76.6 cm³/mol. The fourth-order valence-corrected chi connectivity index (χ4v) is 1.89. The summed E-state index contributed by atoms with van der Waals surface area (Å²) < 4.78 is 0. The Hall–Kier alpha value is -1.71. The molecule has 1 unspecified atom stereocenters. The number of anilines is 2. The van der Waals surface area contributed by atoms with E-state index in [1.54, 1.807) is 0 Å². The van der Waals surface area contributed by atoms with Gasteiger partial charge >= 0.3 is 0 Å². The Morgan fingerprint density at radius 2 is 1.83 bits per heavy atom. The van der Waals surface area contributed by atoms with Gasteiger partial charge in [-0.15, -0.1) is 0 Å². The topological polar surface area (TPSA) is 58.4 Å². The lowest BCUT2D eigenvalue weighted by molar-refractivity contribution is -0.122. The minimum absolute atomic E-state index is 0.0451. The number of likely N-dealkylation sites (N-methyl/N-ethyl adjacent to an activating group) is 1. The summed E-state index contributed by atoms with van der Waals surface area (Å²) in [4.78, 5) is 14.1. The van der Waals surface area contributed by atoms with Crippen LogP contribution in [0.4, 0.5) is 11.4 Å². The minimum Gasteiger partial charge on any atom is -0.399 e. The van der Waals surface area contributed by atoms with Crippen LogP contribution in [0.2, 0.25) is 0 Å². The molecule has 0 aliphatic carbocycles. The van der Waals surface area contributed by atoms with E-state index in [-0.39, 0.29) is 18.0 Å². The molecule has 0 saturated carbocycles. The number of benzene rings is 1. The Bertz CT molecular complexity index is 387. The van der Waals surface area contributed by atoms with E-state index in [2.05, 4.69) is 10.2 Å². The summed E-state index contributed by atoms with van der Waals surface area (Å²) in [6, 6.07) is 7.55. The Balaban J connectivity index is 2.82. The summed E-state index contributed by atoms with van der Waals surface area (Å²) >= 11 is 0. The Morgan fingerprint density at radius 3 is 2.28 bits per heavy atom. The molecule has 1 atom stereocenters. The van der Waals surface area contributed by atoms with Crippen LogP contribution in [0.1, 0.15) is 27.7 Å². The first kappa shape index (κ1) is 14.4. The van der Waals surface area contributed by atoms with Gasteiger partial charge in [0, 0.05) is 24.0 Å². The van der Waals surface area contributed by atoms with Crippen molar-refractivity contribution in [3.8, 4) is 0 Å². The fourth-order valence-electron chi connectivity index (χ4n) is 1.89. The summed E-state index contributed by atoms with van der Waals surface area (Å²) in [6.45, 7) is 8.65. The summed E-state index contributed by atoms with van der Waals surface area (Å²) in [6.07, 6.45) is 0. The average molecular weight is 249 g/mol. The van der Waals surface area contributed by atoms with E-state index < -0.39 is 0 Å². The smallest absolute Gasteiger partial charge is 0.242 e. The predicted octanol–water partition coefficient (Wildman–Crippen LogP) is 2.01. The van der Waals surface area contributed by atoms with Crippen molar-refractivity contribution < 1.29 is 4.79 Å². The second-order valence-corrected chi connectivity index (χ2v) is 4.72. The molecule has 100 valence electrons. The minimum atomic E-state index is -0.193. The average Bonchev–Trinajstić information content (AvgIpc) is 2.31. The van der Waals surface area contributed by atoms with Crippen LogP contribution in [-0.2, 0) is 4.79 Å². The molecule has 0 aromatic heterocycles. The van der Waals surface area contributed by atoms with Gasteiger partial charge in [0.1, 0.15) is 6.04 Å². The molecule has 0 fully saturated rings. The van der Waals surface area contributed by atoms with Gasteiger partial charge in [0.15, 0.2) is 0 Å². The number of amides is 1. The lowest BCUT2D eigenvalue weighted by atomic mass is 10.2. The van der Waals surface area contributed by atoms with Crippen molar-refractivity contribution in [3.63, 3.8) is 0 Å². The van der Waals surface area contributed by atoms with Crippen molar-refractivity contribution in [1.82, 2.24) is 5.32 Å². The third kappa shape index (κ3) is 3.65. The number of nitrogens with zero attached hydrogens (tertiary/aromatic N) is 1. The van der Waals surface area contributed by atoms with E-state index in [0.717, 1.165) is 17.9 Å². The van der Waals surface area contributed by atoms with Crippen molar-refractivity contribution >= 4 is 17.3 Å². The molecule has 3 N–H and O–H groups in total. The molecule has 0 aliphatic heterocycles. The molecular formula is C14H23N3O. The Labute approximate surface area is 109 Å². The first-order chi connectivity index (χ1) is 8.45. The van der Waals surface area contributed by atoms with Gasteiger partial charge in [-0.1, -0.05) is 0 Å². The number of carbonyl (C=O) groups excluding carboxylic acids is 1. The van der Waals surface area contributed by atoms with Crippen LogP contribution in [-0.4, -0.2) is 24.5 Å². The third-order valence-corrected chi connectivity index (χ3v) is 2.84. The lowest BCUT2D eigenvalue weighted by Crippen LogP contribution is -2.47. The maximum absolute atomic E-state index is 12.0. The number of rotatable bonds is 5. The van der Waals surface area contributed by atoms with Gasteiger partial charge in [0.25, 0.3) is 0 Å². The van der Waals surface area contributed by atoms with Crippen LogP contribution in [0.3, 0.4) is 0 Å². The molecule has 0 radical (unpaired) electrons. The van der Waals surface area contributed by atoms with Gasteiger partial charge in [0.2, 0.25) is 5.91 Å². The molecule has 0 aliphatic rings. The first-order valence-electron chi connectivity index (χ1n) is 6.38. The second-order valence-electron chi connectivity index (χ2n) is 4.72. The number of hydrogen-bond acceptors (Lipinski definition) is 3. The second kappa shape index (κ2) is 6.28. The zero-order valence-electron chi connectivity index (χ0n) is 11.6. The highest BCUT2D eigenvalue weighted by Crippen LogP contribution is 2.18. The van der Waals surface area contributed by atoms with E-state index in [1.165, 1.54) is 0 Å². The highest BCUT2D eigenvalue weighted by molar-refractivity contribution is 5.85. The van der Waals surface area contributed by atoms with Crippen molar-refractivity contribution in [2.75, 3.05) is 17.2 Å². The van der Waals surface area contributed by atoms with Crippen LogP contribution in [0.5, 0.6) is 0 Å². The van der Waals surface area contributed by atoms with Gasteiger partial charge < -0.3 is 16.0 Å². The number of nitrogen functional groups attached to an aromatic ring is 1. The van der Waals surface area contributed by atoms with Crippen molar-refractivity contribution in [1.29, 1.82) is 0 Å². The van der Waals surface area contributed by atoms with E-state index >= 15 is 0 Å². The van der Waals surface area contributed by atoms with E-state index in [1.807, 2.05) is 52.0 Å². The summed E-state index contributed by atoms with van der Waals surface area (Å²) in [5, 5.41) is 2.93. The largest absolute Gasteiger partial charge is 0.399 e. The zero-order chi connectivity index (χ0) is 13.7. The van der Waals surface area contributed by atoms with Crippen molar-refractivity contribution in [3.05, 3.63) is 24.3 Å². The number of carbonyl (C=O) groups is 1.